The standard InChI is InChI=1S/C18H24N2O/c1-12(2)19-18(21)17-14(4)10-15(5)20(17)11-16-8-6-7-13(3)9-16/h6-10,12H,11H2,1-5H3,(H,19,21). The number of benzene rings is 1. The number of carbonyl (C=O) groups excluding carboxylic acids is 1. The molecule has 0 radical (unpaired) electrons. The smallest absolute Gasteiger partial charge is 0.268 e. The Morgan fingerprint density at radius 3 is 2.52 bits per heavy atom. The molecule has 0 unspecified atom stereocenters. The van der Waals surface area contributed by atoms with E-state index in [4.69, 9.17) is 0 Å². The third-order valence-corrected chi connectivity index (χ3v) is 3.55. The van der Waals surface area contributed by atoms with Crippen molar-refractivity contribution in [3.05, 3.63) is 58.4 Å². The van der Waals surface area contributed by atoms with Gasteiger partial charge in [-0.3, -0.25) is 4.79 Å². The minimum absolute atomic E-state index is 0.00301. The number of nitrogens with one attached hydrogen (secondary N) is 1. The molecule has 0 aliphatic rings. The molecule has 0 aliphatic carbocycles. The summed E-state index contributed by atoms with van der Waals surface area (Å²) >= 11 is 0. The molecular formula is C18H24N2O. The van der Waals surface area contributed by atoms with Crippen LogP contribution in [0.3, 0.4) is 0 Å². The summed E-state index contributed by atoms with van der Waals surface area (Å²) in [5.41, 5.74) is 5.36. The van der Waals surface area contributed by atoms with E-state index < -0.39 is 0 Å². The van der Waals surface area contributed by atoms with E-state index in [2.05, 4.69) is 54.1 Å². The van der Waals surface area contributed by atoms with Crippen molar-refractivity contribution in [1.29, 1.82) is 0 Å². The molecule has 0 fully saturated rings. The summed E-state index contributed by atoms with van der Waals surface area (Å²) in [7, 11) is 0. The Kier molecular flexibility index (Phi) is 4.51. The van der Waals surface area contributed by atoms with Crippen LogP contribution in [-0.2, 0) is 6.54 Å². The number of hydrogen-bond acceptors (Lipinski definition) is 1. The fourth-order valence-corrected chi connectivity index (χ4v) is 2.68. The molecule has 0 saturated heterocycles. The first-order chi connectivity index (χ1) is 9.88. The Bertz CT molecular complexity index is 653. The largest absolute Gasteiger partial charge is 0.349 e. The maximum atomic E-state index is 12.4. The Morgan fingerprint density at radius 1 is 1.19 bits per heavy atom. The minimum atomic E-state index is 0.00301. The van der Waals surface area contributed by atoms with Gasteiger partial charge in [0, 0.05) is 18.3 Å². The number of rotatable bonds is 4. The fraction of sp³-hybridized carbons (Fsp3) is 0.389. The van der Waals surface area contributed by atoms with Crippen molar-refractivity contribution in [1.82, 2.24) is 9.88 Å². The second-order valence-corrected chi connectivity index (χ2v) is 6.02. The number of aryl methyl sites for hydroxylation is 3. The average molecular weight is 284 g/mol. The molecule has 0 atom stereocenters. The normalized spacial score (nSPS) is 11.0. The first-order valence-electron chi connectivity index (χ1n) is 7.41. The van der Waals surface area contributed by atoms with E-state index in [-0.39, 0.29) is 11.9 Å². The molecule has 2 rings (SSSR count). The summed E-state index contributed by atoms with van der Waals surface area (Å²) in [6, 6.07) is 10.6. The van der Waals surface area contributed by atoms with Gasteiger partial charge >= 0.3 is 0 Å². The molecule has 1 heterocycles. The topological polar surface area (TPSA) is 34.0 Å². The first-order valence-corrected chi connectivity index (χ1v) is 7.41. The van der Waals surface area contributed by atoms with E-state index in [0.29, 0.717) is 0 Å². The van der Waals surface area contributed by atoms with Crippen molar-refractivity contribution < 1.29 is 4.79 Å². The molecular weight excluding hydrogens is 260 g/mol. The zero-order valence-electron chi connectivity index (χ0n) is 13.5. The van der Waals surface area contributed by atoms with Gasteiger partial charge in [-0.1, -0.05) is 29.8 Å². The van der Waals surface area contributed by atoms with Crippen molar-refractivity contribution in [2.45, 2.75) is 47.2 Å². The SMILES string of the molecule is Cc1cccc(Cn2c(C)cc(C)c2C(=O)NC(C)C)c1. The van der Waals surface area contributed by atoms with Crippen LogP contribution in [0.25, 0.3) is 0 Å². The van der Waals surface area contributed by atoms with Crippen molar-refractivity contribution in [2.75, 3.05) is 0 Å². The molecule has 21 heavy (non-hydrogen) atoms. The van der Waals surface area contributed by atoms with E-state index in [1.807, 2.05) is 20.8 Å². The van der Waals surface area contributed by atoms with Gasteiger partial charge in [-0.25, -0.2) is 0 Å². The highest BCUT2D eigenvalue weighted by atomic mass is 16.2. The highest BCUT2D eigenvalue weighted by Crippen LogP contribution is 2.18. The lowest BCUT2D eigenvalue weighted by Gasteiger charge is -2.14. The van der Waals surface area contributed by atoms with Crippen molar-refractivity contribution >= 4 is 5.91 Å². The van der Waals surface area contributed by atoms with E-state index in [1.54, 1.807) is 0 Å². The van der Waals surface area contributed by atoms with Crippen LogP contribution in [0.1, 0.15) is 46.7 Å². The average Bonchev–Trinajstić information content (AvgIpc) is 2.63. The van der Waals surface area contributed by atoms with Crippen LogP contribution in [0.2, 0.25) is 0 Å². The summed E-state index contributed by atoms with van der Waals surface area (Å²) in [6.07, 6.45) is 0. The highest BCUT2D eigenvalue weighted by molar-refractivity contribution is 5.94. The molecule has 112 valence electrons. The van der Waals surface area contributed by atoms with Gasteiger partial charge in [-0.2, -0.15) is 0 Å². The first kappa shape index (κ1) is 15.4. The van der Waals surface area contributed by atoms with Gasteiger partial charge < -0.3 is 9.88 Å². The number of amides is 1. The van der Waals surface area contributed by atoms with Crippen LogP contribution in [0.4, 0.5) is 0 Å². The fourth-order valence-electron chi connectivity index (χ4n) is 2.68. The van der Waals surface area contributed by atoms with Crippen LogP contribution >= 0.6 is 0 Å². The van der Waals surface area contributed by atoms with Gasteiger partial charge in [-0.15, -0.1) is 0 Å². The lowest BCUT2D eigenvalue weighted by Crippen LogP contribution is -2.32. The summed E-state index contributed by atoms with van der Waals surface area (Å²) in [5, 5.41) is 2.99. The predicted octanol–water partition coefficient (Wildman–Crippen LogP) is 3.60. The van der Waals surface area contributed by atoms with Gasteiger partial charge in [-0.05, 0) is 51.8 Å². The molecule has 1 aromatic heterocycles. The zero-order chi connectivity index (χ0) is 15.6. The van der Waals surface area contributed by atoms with Crippen LogP contribution in [0.5, 0.6) is 0 Å². The maximum Gasteiger partial charge on any atom is 0.268 e. The van der Waals surface area contributed by atoms with E-state index >= 15 is 0 Å². The quantitative estimate of drug-likeness (QED) is 0.914. The second kappa shape index (κ2) is 6.17. The molecule has 1 amide bonds. The van der Waals surface area contributed by atoms with Crippen LogP contribution < -0.4 is 5.32 Å². The van der Waals surface area contributed by atoms with Crippen molar-refractivity contribution in [3.63, 3.8) is 0 Å². The van der Waals surface area contributed by atoms with E-state index in [0.717, 1.165) is 23.5 Å². The third kappa shape index (κ3) is 3.54. The molecule has 3 nitrogen and oxygen atoms in total. The maximum absolute atomic E-state index is 12.4. The molecule has 1 aromatic carbocycles. The Labute approximate surface area is 127 Å². The van der Waals surface area contributed by atoms with E-state index in [9.17, 15) is 4.79 Å². The highest BCUT2D eigenvalue weighted by Gasteiger charge is 2.18. The summed E-state index contributed by atoms with van der Waals surface area (Å²) in [4.78, 5) is 12.4. The molecule has 0 spiro atoms. The molecule has 0 bridgehead atoms. The molecule has 0 aliphatic heterocycles. The number of hydrogen-bond donors (Lipinski definition) is 1. The van der Waals surface area contributed by atoms with Gasteiger partial charge in [0.05, 0.1) is 0 Å². The molecule has 3 heteroatoms. The Hall–Kier alpha value is -2.03. The lowest BCUT2D eigenvalue weighted by atomic mass is 10.1. The number of nitrogens with zero attached hydrogens (tertiary/aromatic N) is 1. The molecule has 0 saturated carbocycles. The molecule has 2 aromatic rings. The second-order valence-electron chi connectivity index (χ2n) is 6.02. The van der Waals surface area contributed by atoms with Gasteiger partial charge in [0.2, 0.25) is 0 Å². The minimum Gasteiger partial charge on any atom is -0.349 e. The molecule has 1 N–H and O–H groups in total. The summed E-state index contributed by atoms with van der Waals surface area (Å²) in [5.74, 6) is 0.00301. The van der Waals surface area contributed by atoms with Crippen LogP contribution in [0, 0.1) is 20.8 Å². The van der Waals surface area contributed by atoms with E-state index in [1.165, 1.54) is 11.1 Å². The number of carbonyl (C=O) groups is 1. The van der Waals surface area contributed by atoms with Gasteiger partial charge in [0.25, 0.3) is 5.91 Å². The van der Waals surface area contributed by atoms with Gasteiger partial charge in [0.1, 0.15) is 5.69 Å². The van der Waals surface area contributed by atoms with Crippen LogP contribution in [-0.4, -0.2) is 16.5 Å². The summed E-state index contributed by atoms with van der Waals surface area (Å²) in [6.45, 7) is 10.8. The Morgan fingerprint density at radius 2 is 1.90 bits per heavy atom. The van der Waals surface area contributed by atoms with Crippen LogP contribution in [0.15, 0.2) is 30.3 Å². The van der Waals surface area contributed by atoms with Crippen molar-refractivity contribution in [3.8, 4) is 0 Å². The summed E-state index contributed by atoms with van der Waals surface area (Å²) < 4.78 is 2.10. The zero-order valence-corrected chi connectivity index (χ0v) is 13.5. The van der Waals surface area contributed by atoms with Crippen molar-refractivity contribution in [2.24, 2.45) is 0 Å². The Balaban J connectivity index is 2.37. The van der Waals surface area contributed by atoms with Gasteiger partial charge in [0.15, 0.2) is 0 Å². The monoisotopic (exact) mass is 284 g/mol. The predicted molar refractivity (Wildman–Crippen MR) is 86.8 cm³/mol. The third-order valence-electron chi connectivity index (χ3n) is 3.55. The lowest BCUT2D eigenvalue weighted by molar-refractivity contribution is 0.0933. The number of aromatic nitrogens is 1.